The normalized spacial score (nSPS) is 18.5. The van der Waals surface area contributed by atoms with Crippen molar-refractivity contribution in [2.75, 3.05) is 0 Å². The minimum atomic E-state index is -1.21. The third kappa shape index (κ3) is 2.96. The summed E-state index contributed by atoms with van der Waals surface area (Å²) in [5, 5.41) is 11.3. The Morgan fingerprint density at radius 2 is 1.57 bits per heavy atom. The van der Waals surface area contributed by atoms with Gasteiger partial charge in [0.05, 0.1) is 16.4 Å². The zero-order chi connectivity index (χ0) is 21.0. The molecule has 0 bridgehead atoms. The van der Waals surface area contributed by atoms with Crippen LogP contribution in [-0.2, 0) is 9.59 Å². The summed E-state index contributed by atoms with van der Waals surface area (Å²) >= 11 is 6.32. The van der Waals surface area contributed by atoms with Crippen molar-refractivity contribution >= 4 is 28.7 Å². The van der Waals surface area contributed by atoms with E-state index < -0.39 is 10.8 Å². The second kappa shape index (κ2) is 6.56. The lowest BCUT2D eigenvalue weighted by Gasteiger charge is -2.38. The van der Waals surface area contributed by atoms with Crippen molar-refractivity contribution in [1.82, 2.24) is 4.98 Å². The second-order valence-electron chi connectivity index (χ2n) is 8.45. The van der Waals surface area contributed by atoms with E-state index in [0.717, 1.165) is 22.4 Å². The molecule has 146 valence electrons. The van der Waals surface area contributed by atoms with Gasteiger partial charge in [-0.1, -0.05) is 23.7 Å². The number of Topliss-reactive ketones (excluding diaryl/α,β-unsaturated/α-hetero) is 2. The summed E-state index contributed by atoms with van der Waals surface area (Å²) < 4.78 is 0. The summed E-state index contributed by atoms with van der Waals surface area (Å²) in [5.41, 5.74) is 1.62. The number of allylic oxidation sites excluding steroid dienone is 2. The number of carbonyl (C=O) groups excluding carboxylic acids is 2. The van der Waals surface area contributed by atoms with Gasteiger partial charge in [0.1, 0.15) is 10.9 Å². The molecule has 28 heavy (non-hydrogen) atoms. The molecular weight excluding hydrogens is 374 g/mol. The topological polar surface area (TPSA) is 67.3 Å². The van der Waals surface area contributed by atoms with Crippen LogP contribution in [0.3, 0.4) is 0 Å². The standard InChI is InChI=1S/C23H24ClNO3/c1-12-7-9-14(15-10-8-13(2)25-20(15)24)11-16(12)17-18(26)22(3,4)21(28)23(5,6)19(17)27/h7-11,26H,1-6H3. The van der Waals surface area contributed by atoms with Gasteiger partial charge in [-0.25, -0.2) is 4.98 Å². The Morgan fingerprint density at radius 1 is 0.929 bits per heavy atom. The maximum Gasteiger partial charge on any atom is 0.179 e. The molecule has 3 rings (SSSR count). The molecule has 0 unspecified atom stereocenters. The molecule has 2 aromatic rings. The summed E-state index contributed by atoms with van der Waals surface area (Å²) in [6.45, 7) is 10.3. The fourth-order valence-corrected chi connectivity index (χ4v) is 4.08. The van der Waals surface area contributed by atoms with Gasteiger partial charge in [-0.3, -0.25) is 9.59 Å². The third-order valence-corrected chi connectivity index (χ3v) is 5.85. The molecule has 1 aliphatic carbocycles. The zero-order valence-electron chi connectivity index (χ0n) is 17.0. The van der Waals surface area contributed by atoms with E-state index in [1.165, 1.54) is 0 Å². The molecule has 5 heteroatoms. The Balaban J connectivity index is 2.27. The van der Waals surface area contributed by atoms with Gasteiger partial charge in [-0.15, -0.1) is 0 Å². The molecule has 0 saturated carbocycles. The Hall–Kier alpha value is -2.46. The number of hydrogen-bond acceptors (Lipinski definition) is 4. The Bertz CT molecular complexity index is 1050. The zero-order valence-corrected chi connectivity index (χ0v) is 17.7. The van der Waals surface area contributed by atoms with Crippen molar-refractivity contribution in [2.24, 2.45) is 10.8 Å². The van der Waals surface area contributed by atoms with E-state index in [4.69, 9.17) is 11.6 Å². The van der Waals surface area contributed by atoms with E-state index in [0.29, 0.717) is 10.7 Å². The summed E-state index contributed by atoms with van der Waals surface area (Å²) in [6, 6.07) is 9.37. The van der Waals surface area contributed by atoms with Crippen LogP contribution >= 0.6 is 11.6 Å². The molecule has 0 fully saturated rings. The first-order chi connectivity index (χ1) is 12.9. The van der Waals surface area contributed by atoms with Crippen LogP contribution in [0.15, 0.2) is 36.1 Å². The van der Waals surface area contributed by atoms with Crippen LogP contribution in [0.25, 0.3) is 16.7 Å². The predicted molar refractivity (Wildman–Crippen MR) is 111 cm³/mol. The van der Waals surface area contributed by atoms with E-state index >= 15 is 0 Å². The summed E-state index contributed by atoms with van der Waals surface area (Å²) in [7, 11) is 0. The molecule has 1 aromatic heterocycles. The Labute approximate surface area is 170 Å². The molecular formula is C23H24ClNO3. The summed E-state index contributed by atoms with van der Waals surface area (Å²) in [5.74, 6) is -0.844. The fraction of sp³-hybridized carbons (Fsp3) is 0.348. The number of ketones is 2. The van der Waals surface area contributed by atoms with Gasteiger partial charge in [0, 0.05) is 11.3 Å². The Morgan fingerprint density at radius 3 is 2.18 bits per heavy atom. The second-order valence-corrected chi connectivity index (χ2v) is 8.81. The SMILES string of the molecule is Cc1ccc(-c2ccc(C)c(C3=C(O)C(C)(C)C(=O)C(C)(C)C3=O)c2)c(Cl)n1. The molecule has 0 amide bonds. The number of halogens is 1. The monoisotopic (exact) mass is 397 g/mol. The predicted octanol–water partition coefficient (Wildman–Crippen LogP) is 5.49. The van der Waals surface area contributed by atoms with E-state index in [-0.39, 0.29) is 22.9 Å². The number of benzene rings is 1. The molecule has 0 spiro atoms. The average Bonchev–Trinajstić information content (AvgIpc) is 2.61. The average molecular weight is 398 g/mol. The van der Waals surface area contributed by atoms with E-state index in [9.17, 15) is 14.7 Å². The molecule has 1 heterocycles. The van der Waals surface area contributed by atoms with Crippen molar-refractivity contribution in [3.05, 3.63) is 58.1 Å². The van der Waals surface area contributed by atoms with Gasteiger partial charge in [0.2, 0.25) is 0 Å². The number of aliphatic hydroxyl groups is 1. The van der Waals surface area contributed by atoms with Crippen molar-refractivity contribution in [3.63, 3.8) is 0 Å². The van der Waals surface area contributed by atoms with Crippen molar-refractivity contribution < 1.29 is 14.7 Å². The molecule has 0 radical (unpaired) electrons. The number of pyridine rings is 1. The largest absolute Gasteiger partial charge is 0.510 e. The van der Waals surface area contributed by atoms with Gasteiger partial charge in [0.25, 0.3) is 0 Å². The molecule has 0 saturated heterocycles. The lowest BCUT2D eigenvalue weighted by atomic mass is 9.62. The third-order valence-electron chi connectivity index (χ3n) is 5.56. The highest BCUT2D eigenvalue weighted by molar-refractivity contribution is 6.34. The van der Waals surface area contributed by atoms with E-state index in [1.54, 1.807) is 27.7 Å². The van der Waals surface area contributed by atoms with Crippen LogP contribution in [0.1, 0.15) is 44.5 Å². The number of nitrogens with zero attached hydrogens (tertiary/aromatic N) is 1. The molecule has 1 aliphatic rings. The number of carbonyl (C=O) groups is 2. The van der Waals surface area contributed by atoms with Crippen molar-refractivity contribution in [3.8, 4) is 11.1 Å². The number of rotatable bonds is 2. The first-order valence-electron chi connectivity index (χ1n) is 9.17. The minimum Gasteiger partial charge on any atom is -0.510 e. The molecule has 1 N–H and O–H groups in total. The highest BCUT2D eigenvalue weighted by Crippen LogP contribution is 2.47. The van der Waals surface area contributed by atoms with Gasteiger partial charge in [-0.2, -0.15) is 0 Å². The van der Waals surface area contributed by atoms with Gasteiger partial charge in [-0.05, 0) is 76.4 Å². The van der Waals surface area contributed by atoms with Crippen LogP contribution in [0.4, 0.5) is 0 Å². The van der Waals surface area contributed by atoms with Gasteiger partial charge in [0.15, 0.2) is 11.6 Å². The number of aliphatic hydroxyl groups excluding tert-OH is 1. The molecule has 0 aliphatic heterocycles. The highest BCUT2D eigenvalue weighted by atomic mass is 35.5. The van der Waals surface area contributed by atoms with Crippen LogP contribution in [0, 0.1) is 24.7 Å². The quantitative estimate of drug-likeness (QED) is 0.537. The smallest absolute Gasteiger partial charge is 0.179 e. The van der Waals surface area contributed by atoms with Crippen molar-refractivity contribution in [2.45, 2.75) is 41.5 Å². The van der Waals surface area contributed by atoms with Crippen LogP contribution in [-0.4, -0.2) is 21.7 Å². The lowest BCUT2D eigenvalue weighted by Crippen LogP contribution is -2.48. The van der Waals surface area contributed by atoms with Crippen molar-refractivity contribution in [1.29, 1.82) is 0 Å². The number of hydrogen-bond donors (Lipinski definition) is 1. The number of aromatic nitrogens is 1. The van der Waals surface area contributed by atoms with Crippen LogP contribution in [0.5, 0.6) is 0 Å². The maximum absolute atomic E-state index is 13.2. The van der Waals surface area contributed by atoms with Gasteiger partial charge >= 0.3 is 0 Å². The molecule has 4 nitrogen and oxygen atoms in total. The van der Waals surface area contributed by atoms with Crippen LogP contribution in [0.2, 0.25) is 5.15 Å². The highest BCUT2D eigenvalue weighted by Gasteiger charge is 2.53. The van der Waals surface area contributed by atoms with E-state index in [2.05, 4.69) is 4.98 Å². The first kappa shape index (κ1) is 20.3. The fourth-order valence-electron chi connectivity index (χ4n) is 3.77. The lowest BCUT2D eigenvalue weighted by molar-refractivity contribution is -0.143. The minimum absolute atomic E-state index is 0.185. The van der Waals surface area contributed by atoms with Crippen LogP contribution < -0.4 is 0 Å². The maximum atomic E-state index is 13.2. The summed E-state index contributed by atoms with van der Waals surface area (Å²) in [4.78, 5) is 30.3. The Kier molecular flexibility index (Phi) is 4.75. The van der Waals surface area contributed by atoms with E-state index in [1.807, 2.05) is 44.2 Å². The van der Waals surface area contributed by atoms with Gasteiger partial charge < -0.3 is 5.11 Å². The first-order valence-corrected chi connectivity index (χ1v) is 9.54. The number of aryl methyl sites for hydroxylation is 2. The molecule has 1 aromatic carbocycles. The summed E-state index contributed by atoms with van der Waals surface area (Å²) in [6.07, 6.45) is 0. The molecule has 0 atom stereocenters.